The highest BCUT2D eigenvalue weighted by atomic mass is 32.2. The van der Waals surface area contributed by atoms with E-state index < -0.39 is 10.0 Å². The monoisotopic (exact) mass is 153 g/mol. The normalized spacial score (nSPS) is 12.4. The minimum Gasteiger partial charge on any atom is -0.357 e. The van der Waals surface area contributed by atoms with Crippen LogP contribution in [-0.4, -0.2) is 39.1 Å². The van der Waals surface area contributed by atoms with Gasteiger partial charge in [-0.2, -0.15) is 0 Å². The maximum atomic E-state index is 10.8. The third-order valence-corrected chi connectivity index (χ3v) is 2.88. The van der Waals surface area contributed by atoms with E-state index in [9.17, 15) is 8.42 Å². The second-order valence-corrected chi connectivity index (χ2v) is 4.25. The SMILES string of the molecule is CN(C)S(=O)(=O)CC[NH3+]. The lowest BCUT2D eigenvalue weighted by molar-refractivity contribution is -0.360. The van der Waals surface area contributed by atoms with E-state index in [4.69, 9.17) is 0 Å². The molecular formula is C4H13N2O2S+. The summed E-state index contributed by atoms with van der Waals surface area (Å²) in [6.07, 6.45) is 0. The molecule has 0 saturated heterocycles. The third kappa shape index (κ3) is 2.78. The van der Waals surface area contributed by atoms with Gasteiger partial charge in [0.25, 0.3) is 0 Å². The molecule has 9 heavy (non-hydrogen) atoms. The molecule has 0 rings (SSSR count). The molecular weight excluding hydrogens is 140 g/mol. The van der Waals surface area contributed by atoms with Crippen LogP contribution in [0.2, 0.25) is 0 Å². The van der Waals surface area contributed by atoms with Gasteiger partial charge < -0.3 is 5.73 Å². The Morgan fingerprint density at radius 1 is 1.44 bits per heavy atom. The zero-order valence-corrected chi connectivity index (χ0v) is 6.61. The fourth-order valence-electron chi connectivity index (χ4n) is 0.365. The minimum absolute atomic E-state index is 0.139. The molecule has 0 aromatic carbocycles. The summed E-state index contributed by atoms with van der Waals surface area (Å²) in [5, 5.41) is 0. The molecule has 0 heterocycles. The van der Waals surface area contributed by atoms with Crippen molar-refractivity contribution >= 4 is 10.0 Å². The molecule has 0 aromatic heterocycles. The number of rotatable bonds is 3. The zero-order chi connectivity index (χ0) is 7.49. The van der Waals surface area contributed by atoms with E-state index in [0.29, 0.717) is 6.54 Å². The summed E-state index contributed by atoms with van der Waals surface area (Å²) in [5.74, 6) is 0.139. The molecule has 0 radical (unpaired) electrons. The summed E-state index contributed by atoms with van der Waals surface area (Å²) in [6, 6.07) is 0. The first-order valence-corrected chi connectivity index (χ1v) is 4.31. The van der Waals surface area contributed by atoms with Crippen LogP contribution in [0, 0.1) is 0 Å². The van der Waals surface area contributed by atoms with Gasteiger partial charge in [-0.15, -0.1) is 0 Å². The summed E-state index contributed by atoms with van der Waals surface area (Å²) in [4.78, 5) is 0. The van der Waals surface area contributed by atoms with Crippen LogP contribution < -0.4 is 5.73 Å². The quantitative estimate of drug-likeness (QED) is 0.515. The van der Waals surface area contributed by atoms with Gasteiger partial charge in [-0.3, -0.25) is 0 Å². The Balaban J connectivity index is 4.05. The summed E-state index contributed by atoms with van der Waals surface area (Å²) in [5.41, 5.74) is 3.45. The predicted octanol–water partition coefficient (Wildman–Crippen LogP) is -1.88. The first kappa shape index (κ1) is 8.87. The first-order valence-electron chi connectivity index (χ1n) is 2.70. The molecule has 0 bridgehead atoms. The van der Waals surface area contributed by atoms with Crippen LogP contribution in [0.25, 0.3) is 0 Å². The average Bonchev–Trinajstić information content (AvgIpc) is 1.65. The smallest absolute Gasteiger partial charge is 0.219 e. The highest BCUT2D eigenvalue weighted by molar-refractivity contribution is 7.89. The van der Waals surface area contributed by atoms with E-state index in [0.717, 1.165) is 0 Å². The maximum absolute atomic E-state index is 10.8. The van der Waals surface area contributed by atoms with E-state index >= 15 is 0 Å². The fourth-order valence-corrected chi connectivity index (χ4v) is 1.09. The van der Waals surface area contributed by atoms with Crippen molar-refractivity contribution in [1.29, 1.82) is 0 Å². The molecule has 0 fully saturated rings. The van der Waals surface area contributed by atoms with E-state index in [-0.39, 0.29) is 5.75 Å². The van der Waals surface area contributed by atoms with Gasteiger partial charge >= 0.3 is 0 Å². The number of hydrogen-bond acceptors (Lipinski definition) is 2. The van der Waals surface area contributed by atoms with Crippen molar-refractivity contribution in [3.63, 3.8) is 0 Å². The van der Waals surface area contributed by atoms with Gasteiger partial charge in [0.15, 0.2) is 0 Å². The van der Waals surface area contributed by atoms with Gasteiger partial charge in [-0.1, -0.05) is 0 Å². The van der Waals surface area contributed by atoms with Crippen molar-refractivity contribution in [2.24, 2.45) is 0 Å². The second kappa shape index (κ2) is 3.14. The van der Waals surface area contributed by atoms with Crippen molar-refractivity contribution < 1.29 is 14.2 Å². The number of quaternary nitrogens is 1. The van der Waals surface area contributed by atoms with Crippen LogP contribution in [0.3, 0.4) is 0 Å². The van der Waals surface area contributed by atoms with E-state index in [1.165, 1.54) is 18.4 Å². The van der Waals surface area contributed by atoms with E-state index in [2.05, 4.69) is 5.73 Å². The van der Waals surface area contributed by atoms with Gasteiger partial charge in [-0.05, 0) is 0 Å². The molecule has 0 aliphatic rings. The summed E-state index contributed by atoms with van der Waals surface area (Å²) < 4.78 is 22.8. The van der Waals surface area contributed by atoms with Gasteiger partial charge in [0, 0.05) is 14.1 Å². The molecule has 5 heteroatoms. The Morgan fingerprint density at radius 3 is 2.00 bits per heavy atom. The highest BCUT2D eigenvalue weighted by Gasteiger charge is 2.11. The molecule has 0 amide bonds. The average molecular weight is 153 g/mol. The molecule has 4 nitrogen and oxygen atoms in total. The first-order chi connectivity index (χ1) is 4.00. The van der Waals surface area contributed by atoms with Gasteiger partial charge in [-0.25, -0.2) is 12.7 Å². The van der Waals surface area contributed by atoms with Crippen LogP contribution in [-0.2, 0) is 10.0 Å². The van der Waals surface area contributed by atoms with Crippen molar-refractivity contribution in [3.05, 3.63) is 0 Å². The molecule has 0 aromatic rings. The van der Waals surface area contributed by atoms with Crippen LogP contribution >= 0.6 is 0 Å². The summed E-state index contributed by atoms with van der Waals surface area (Å²) in [7, 11) is 0.0603. The Morgan fingerprint density at radius 2 is 1.89 bits per heavy atom. The number of sulfonamides is 1. The summed E-state index contributed by atoms with van der Waals surface area (Å²) >= 11 is 0. The molecule has 56 valence electrons. The van der Waals surface area contributed by atoms with E-state index in [1.54, 1.807) is 0 Å². The van der Waals surface area contributed by atoms with Gasteiger partial charge in [0.1, 0.15) is 5.75 Å². The van der Waals surface area contributed by atoms with Crippen LogP contribution in [0.5, 0.6) is 0 Å². The molecule has 0 aliphatic carbocycles. The zero-order valence-electron chi connectivity index (χ0n) is 5.79. The topological polar surface area (TPSA) is 65.0 Å². The summed E-state index contributed by atoms with van der Waals surface area (Å²) in [6.45, 7) is 0.431. The minimum atomic E-state index is -2.98. The Hall–Kier alpha value is -0.130. The van der Waals surface area contributed by atoms with Crippen LogP contribution in [0.4, 0.5) is 0 Å². The third-order valence-electron chi connectivity index (χ3n) is 0.959. The Kier molecular flexibility index (Phi) is 3.10. The lowest BCUT2D eigenvalue weighted by Crippen LogP contribution is -2.54. The predicted molar refractivity (Wildman–Crippen MR) is 35.2 cm³/mol. The largest absolute Gasteiger partial charge is 0.357 e. The van der Waals surface area contributed by atoms with Crippen LogP contribution in [0.15, 0.2) is 0 Å². The lowest BCUT2D eigenvalue weighted by atomic mass is 10.8. The maximum Gasteiger partial charge on any atom is 0.219 e. The Labute approximate surface area is 55.7 Å². The standard InChI is InChI=1S/C4H12N2O2S/c1-6(2)9(7,8)4-3-5/h3-5H2,1-2H3/p+1. The Bertz CT molecular complexity index is 161. The highest BCUT2D eigenvalue weighted by Crippen LogP contribution is 1.89. The van der Waals surface area contributed by atoms with Crippen LogP contribution in [0.1, 0.15) is 0 Å². The van der Waals surface area contributed by atoms with E-state index in [1.807, 2.05) is 0 Å². The van der Waals surface area contributed by atoms with Gasteiger partial charge in [0.05, 0.1) is 6.54 Å². The molecule has 0 aliphatic heterocycles. The number of hydrogen-bond donors (Lipinski definition) is 1. The molecule has 0 atom stereocenters. The molecule has 0 spiro atoms. The fraction of sp³-hybridized carbons (Fsp3) is 1.00. The van der Waals surface area contributed by atoms with Crippen molar-refractivity contribution in [1.82, 2.24) is 4.31 Å². The molecule has 0 saturated carbocycles. The number of nitrogens with zero attached hydrogens (tertiary/aromatic N) is 1. The van der Waals surface area contributed by atoms with Gasteiger partial charge in [0.2, 0.25) is 10.0 Å². The van der Waals surface area contributed by atoms with Crippen molar-refractivity contribution in [3.8, 4) is 0 Å². The lowest BCUT2D eigenvalue weighted by Gasteiger charge is -2.07. The van der Waals surface area contributed by atoms with Crippen molar-refractivity contribution in [2.45, 2.75) is 0 Å². The van der Waals surface area contributed by atoms with Crippen molar-refractivity contribution in [2.75, 3.05) is 26.4 Å². The molecule has 0 unspecified atom stereocenters. The second-order valence-electron chi connectivity index (χ2n) is 1.95. The molecule has 3 N–H and O–H groups in total.